The van der Waals surface area contributed by atoms with Crippen LogP contribution in [0, 0.1) is 11.7 Å². The molecule has 26 heavy (non-hydrogen) atoms. The zero-order valence-corrected chi connectivity index (χ0v) is 16.0. The SMILES string of the molecule is CN(Cc1ccc(F)cc1)C(=O)NCC1CCN(Cc2cccs2)CC1. The summed E-state index contributed by atoms with van der Waals surface area (Å²) < 4.78 is 12.9. The summed E-state index contributed by atoms with van der Waals surface area (Å²) in [5.41, 5.74) is 0.922. The summed E-state index contributed by atoms with van der Waals surface area (Å²) in [5, 5.41) is 5.17. The van der Waals surface area contributed by atoms with Crippen LogP contribution in [0.5, 0.6) is 0 Å². The average molecular weight is 376 g/mol. The number of halogens is 1. The van der Waals surface area contributed by atoms with Crippen molar-refractivity contribution < 1.29 is 9.18 Å². The van der Waals surface area contributed by atoms with Crippen LogP contribution in [0.25, 0.3) is 0 Å². The van der Waals surface area contributed by atoms with Crippen LogP contribution in [0.2, 0.25) is 0 Å². The molecule has 2 aromatic rings. The Bertz CT molecular complexity index is 682. The largest absolute Gasteiger partial charge is 0.338 e. The van der Waals surface area contributed by atoms with Gasteiger partial charge in [-0.2, -0.15) is 0 Å². The molecule has 0 saturated carbocycles. The van der Waals surface area contributed by atoms with Gasteiger partial charge in [0.05, 0.1) is 0 Å². The summed E-state index contributed by atoms with van der Waals surface area (Å²) in [5.74, 6) is 0.282. The topological polar surface area (TPSA) is 35.6 Å². The van der Waals surface area contributed by atoms with Crippen molar-refractivity contribution in [1.82, 2.24) is 15.1 Å². The monoisotopic (exact) mass is 375 g/mol. The lowest BCUT2D eigenvalue weighted by Crippen LogP contribution is -2.42. The molecule has 0 unspecified atom stereocenters. The summed E-state index contributed by atoms with van der Waals surface area (Å²) in [6, 6.07) is 10.5. The first-order valence-electron chi connectivity index (χ1n) is 9.08. The number of nitrogens with zero attached hydrogens (tertiary/aromatic N) is 2. The highest BCUT2D eigenvalue weighted by molar-refractivity contribution is 7.09. The van der Waals surface area contributed by atoms with Crippen LogP contribution >= 0.6 is 11.3 Å². The van der Waals surface area contributed by atoms with Crippen LogP contribution in [-0.4, -0.2) is 42.5 Å². The normalized spacial score (nSPS) is 15.8. The number of urea groups is 1. The average Bonchev–Trinajstić information content (AvgIpc) is 3.16. The molecule has 3 rings (SSSR count). The third-order valence-electron chi connectivity index (χ3n) is 4.89. The van der Waals surface area contributed by atoms with Gasteiger partial charge in [0.1, 0.15) is 5.82 Å². The molecule has 0 spiro atoms. The summed E-state index contributed by atoms with van der Waals surface area (Å²) in [4.78, 5) is 17.8. The van der Waals surface area contributed by atoms with E-state index in [-0.39, 0.29) is 11.8 Å². The van der Waals surface area contributed by atoms with Crippen molar-refractivity contribution in [3.05, 3.63) is 58.0 Å². The predicted molar refractivity (Wildman–Crippen MR) is 104 cm³/mol. The van der Waals surface area contributed by atoms with E-state index in [4.69, 9.17) is 0 Å². The van der Waals surface area contributed by atoms with Gasteiger partial charge in [-0.25, -0.2) is 9.18 Å². The number of benzene rings is 1. The van der Waals surface area contributed by atoms with E-state index in [1.54, 1.807) is 24.1 Å². The Morgan fingerprint density at radius 1 is 1.27 bits per heavy atom. The standard InChI is InChI=1S/C20H26FN3OS/c1-23(14-17-4-6-18(21)7-5-17)20(25)22-13-16-8-10-24(11-9-16)15-19-3-2-12-26-19/h2-7,12,16H,8-11,13-15H2,1H3,(H,22,25). The van der Waals surface area contributed by atoms with Gasteiger partial charge in [0, 0.05) is 31.6 Å². The number of thiophene rings is 1. The van der Waals surface area contributed by atoms with Crippen molar-refractivity contribution in [2.45, 2.75) is 25.9 Å². The molecular weight excluding hydrogens is 349 g/mol. The number of carbonyl (C=O) groups excluding carboxylic acids is 1. The maximum atomic E-state index is 12.9. The molecule has 1 aliphatic rings. The molecule has 1 N–H and O–H groups in total. The second-order valence-corrected chi connectivity index (χ2v) is 8.00. The Labute approximate surface area is 158 Å². The molecule has 1 aromatic heterocycles. The highest BCUT2D eigenvalue weighted by Crippen LogP contribution is 2.20. The predicted octanol–water partition coefficient (Wildman–Crippen LogP) is 3.94. The Morgan fingerprint density at radius 3 is 2.65 bits per heavy atom. The van der Waals surface area contributed by atoms with Crippen molar-refractivity contribution >= 4 is 17.4 Å². The molecular formula is C20H26FN3OS. The van der Waals surface area contributed by atoms with E-state index in [1.807, 2.05) is 11.3 Å². The second kappa shape index (κ2) is 9.14. The van der Waals surface area contributed by atoms with E-state index in [2.05, 4.69) is 27.7 Å². The van der Waals surface area contributed by atoms with Crippen molar-refractivity contribution in [2.24, 2.45) is 5.92 Å². The lowest BCUT2D eigenvalue weighted by atomic mass is 9.97. The second-order valence-electron chi connectivity index (χ2n) is 6.97. The quantitative estimate of drug-likeness (QED) is 0.830. The molecule has 1 fully saturated rings. The first-order valence-corrected chi connectivity index (χ1v) is 9.96. The molecule has 1 saturated heterocycles. The Balaban J connectivity index is 1.36. The third kappa shape index (κ3) is 5.54. The summed E-state index contributed by atoms with van der Waals surface area (Å²) in [6.07, 6.45) is 2.24. The van der Waals surface area contributed by atoms with E-state index in [1.165, 1.54) is 17.0 Å². The number of nitrogens with one attached hydrogen (secondary N) is 1. The van der Waals surface area contributed by atoms with Crippen molar-refractivity contribution in [3.8, 4) is 0 Å². The van der Waals surface area contributed by atoms with Crippen molar-refractivity contribution in [1.29, 1.82) is 0 Å². The van der Waals surface area contributed by atoms with Crippen molar-refractivity contribution in [3.63, 3.8) is 0 Å². The fourth-order valence-corrected chi connectivity index (χ4v) is 4.02. The minimum atomic E-state index is -0.258. The zero-order chi connectivity index (χ0) is 18.4. The van der Waals surface area contributed by atoms with Gasteiger partial charge in [-0.05, 0) is 61.0 Å². The lowest BCUT2D eigenvalue weighted by molar-refractivity contribution is 0.171. The first kappa shape index (κ1) is 18.9. The molecule has 1 aliphatic heterocycles. The van der Waals surface area contributed by atoms with Crippen LogP contribution in [0.3, 0.4) is 0 Å². The van der Waals surface area contributed by atoms with Gasteiger partial charge in [0.15, 0.2) is 0 Å². The van der Waals surface area contributed by atoms with Gasteiger partial charge >= 0.3 is 6.03 Å². The summed E-state index contributed by atoms with van der Waals surface area (Å²) in [6.45, 7) is 4.41. The fourth-order valence-electron chi connectivity index (χ4n) is 3.27. The molecule has 0 aliphatic carbocycles. The van der Waals surface area contributed by atoms with Gasteiger partial charge in [0.25, 0.3) is 0 Å². The van der Waals surface area contributed by atoms with E-state index in [0.717, 1.165) is 44.6 Å². The van der Waals surface area contributed by atoms with E-state index in [9.17, 15) is 9.18 Å². The van der Waals surface area contributed by atoms with Crippen LogP contribution in [-0.2, 0) is 13.1 Å². The number of likely N-dealkylation sites (tertiary alicyclic amines) is 1. The van der Waals surface area contributed by atoms with Crippen LogP contribution in [0.15, 0.2) is 41.8 Å². The number of carbonyl (C=O) groups is 1. The molecule has 140 valence electrons. The maximum absolute atomic E-state index is 12.9. The van der Waals surface area contributed by atoms with E-state index >= 15 is 0 Å². The van der Waals surface area contributed by atoms with E-state index < -0.39 is 0 Å². The molecule has 0 radical (unpaired) electrons. The number of hydrogen-bond acceptors (Lipinski definition) is 3. The van der Waals surface area contributed by atoms with Crippen molar-refractivity contribution in [2.75, 3.05) is 26.7 Å². The first-order chi connectivity index (χ1) is 12.6. The molecule has 6 heteroatoms. The summed E-state index contributed by atoms with van der Waals surface area (Å²) >= 11 is 1.81. The van der Waals surface area contributed by atoms with Gasteiger partial charge in [0.2, 0.25) is 0 Å². The molecule has 1 aromatic carbocycles. The Morgan fingerprint density at radius 2 is 2.00 bits per heavy atom. The number of amides is 2. The number of rotatable bonds is 6. The summed E-state index contributed by atoms with van der Waals surface area (Å²) in [7, 11) is 1.77. The van der Waals surface area contributed by atoms with E-state index in [0.29, 0.717) is 12.5 Å². The number of hydrogen-bond donors (Lipinski definition) is 1. The van der Waals surface area contributed by atoms with Gasteiger partial charge < -0.3 is 10.2 Å². The number of piperidine rings is 1. The van der Waals surface area contributed by atoms with Crippen LogP contribution in [0.1, 0.15) is 23.3 Å². The minimum absolute atomic E-state index is 0.0738. The zero-order valence-electron chi connectivity index (χ0n) is 15.2. The minimum Gasteiger partial charge on any atom is -0.338 e. The molecule has 2 heterocycles. The fraction of sp³-hybridized carbons (Fsp3) is 0.450. The molecule has 0 bridgehead atoms. The highest BCUT2D eigenvalue weighted by Gasteiger charge is 2.20. The Kier molecular flexibility index (Phi) is 6.63. The van der Waals surface area contributed by atoms with Crippen LogP contribution < -0.4 is 5.32 Å². The molecule has 0 atom stereocenters. The maximum Gasteiger partial charge on any atom is 0.317 e. The Hall–Kier alpha value is -1.92. The van der Waals surface area contributed by atoms with Gasteiger partial charge in [-0.3, -0.25) is 4.90 Å². The van der Waals surface area contributed by atoms with Crippen LogP contribution in [0.4, 0.5) is 9.18 Å². The smallest absolute Gasteiger partial charge is 0.317 e. The lowest BCUT2D eigenvalue weighted by Gasteiger charge is -2.32. The van der Waals surface area contributed by atoms with Gasteiger partial charge in [-0.15, -0.1) is 11.3 Å². The van der Waals surface area contributed by atoms with Gasteiger partial charge in [-0.1, -0.05) is 18.2 Å². The highest BCUT2D eigenvalue weighted by atomic mass is 32.1. The third-order valence-corrected chi connectivity index (χ3v) is 5.75. The molecule has 4 nitrogen and oxygen atoms in total. The molecule has 2 amide bonds.